The summed E-state index contributed by atoms with van der Waals surface area (Å²) in [5.41, 5.74) is 5.97. The maximum Gasteiger partial charge on any atom is 0.242 e. The van der Waals surface area contributed by atoms with E-state index in [1.807, 2.05) is 19.1 Å². The highest BCUT2D eigenvalue weighted by Crippen LogP contribution is 2.24. The average Bonchev–Trinajstić information content (AvgIpc) is 2.72. The van der Waals surface area contributed by atoms with Crippen LogP contribution in [-0.4, -0.2) is 8.42 Å². The molecule has 0 aliphatic heterocycles. The van der Waals surface area contributed by atoms with E-state index in [0.29, 0.717) is 5.69 Å². The van der Waals surface area contributed by atoms with Crippen molar-refractivity contribution in [3.63, 3.8) is 0 Å². The Morgan fingerprint density at radius 1 is 1.32 bits per heavy atom. The summed E-state index contributed by atoms with van der Waals surface area (Å²) in [5.74, 6) is 0. The first kappa shape index (κ1) is 14.3. The topological polar surface area (TPSA) is 72.2 Å². The monoisotopic (exact) mass is 316 g/mol. The molecule has 2 rings (SSSR count). The zero-order valence-electron chi connectivity index (χ0n) is 10.2. The van der Waals surface area contributed by atoms with E-state index in [-0.39, 0.29) is 16.5 Å². The Labute approximate surface area is 121 Å². The van der Waals surface area contributed by atoms with Gasteiger partial charge in [-0.2, -0.15) is 0 Å². The number of sulfonamides is 1. The number of aryl methyl sites for hydroxylation is 1. The Morgan fingerprint density at radius 3 is 2.63 bits per heavy atom. The van der Waals surface area contributed by atoms with E-state index in [1.54, 1.807) is 11.3 Å². The lowest BCUT2D eigenvalue weighted by Crippen LogP contribution is -2.23. The molecule has 0 aliphatic rings. The Kier molecular flexibility index (Phi) is 4.15. The summed E-state index contributed by atoms with van der Waals surface area (Å²) in [5, 5.41) is 0.120. The van der Waals surface area contributed by atoms with Gasteiger partial charge in [0.2, 0.25) is 10.0 Å². The fourth-order valence-corrected chi connectivity index (χ4v) is 4.04. The Morgan fingerprint density at radius 2 is 2.05 bits per heavy atom. The van der Waals surface area contributed by atoms with Crippen LogP contribution in [0.1, 0.15) is 9.75 Å². The summed E-state index contributed by atoms with van der Waals surface area (Å²) in [4.78, 5) is 2.13. The largest absolute Gasteiger partial charge is 0.399 e. The predicted molar refractivity (Wildman–Crippen MR) is 78.9 cm³/mol. The van der Waals surface area contributed by atoms with Gasteiger partial charge >= 0.3 is 0 Å². The molecule has 3 N–H and O–H groups in total. The molecule has 2 aromatic rings. The van der Waals surface area contributed by atoms with Crippen molar-refractivity contribution in [3.05, 3.63) is 45.1 Å². The highest BCUT2D eigenvalue weighted by molar-refractivity contribution is 7.89. The molecule has 0 aliphatic carbocycles. The van der Waals surface area contributed by atoms with Crippen molar-refractivity contribution < 1.29 is 8.42 Å². The van der Waals surface area contributed by atoms with Gasteiger partial charge in [-0.3, -0.25) is 0 Å². The van der Waals surface area contributed by atoms with Crippen LogP contribution in [0.3, 0.4) is 0 Å². The number of benzene rings is 1. The molecule has 7 heteroatoms. The van der Waals surface area contributed by atoms with Gasteiger partial charge < -0.3 is 5.73 Å². The summed E-state index contributed by atoms with van der Waals surface area (Å²) in [7, 11) is -3.63. The molecule has 0 fully saturated rings. The third-order valence-corrected chi connectivity index (χ3v) is 5.36. The zero-order chi connectivity index (χ0) is 14.0. The van der Waals surface area contributed by atoms with Crippen LogP contribution in [0.25, 0.3) is 0 Å². The minimum absolute atomic E-state index is 0.0386. The van der Waals surface area contributed by atoms with Gasteiger partial charge in [0.25, 0.3) is 0 Å². The van der Waals surface area contributed by atoms with E-state index in [4.69, 9.17) is 17.3 Å². The standard InChI is InChI=1S/C12H13ClN2O2S2/c1-8-2-4-10(18-8)7-15-19(16,17)12-5-3-9(14)6-11(12)13/h2-6,15H,7,14H2,1H3. The first-order valence-electron chi connectivity index (χ1n) is 5.48. The van der Waals surface area contributed by atoms with E-state index in [1.165, 1.54) is 18.2 Å². The van der Waals surface area contributed by atoms with Crippen molar-refractivity contribution in [1.29, 1.82) is 0 Å². The molecule has 0 saturated carbocycles. The normalized spacial score (nSPS) is 11.7. The van der Waals surface area contributed by atoms with Crippen LogP contribution in [0.15, 0.2) is 35.2 Å². The van der Waals surface area contributed by atoms with E-state index in [0.717, 1.165) is 9.75 Å². The van der Waals surface area contributed by atoms with Crippen molar-refractivity contribution in [2.24, 2.45) is 0 Å². The van der Waals surface area contributed by atoms with E-state index < -0.39 is 10.0 Å². The maximum absolute atomic E-state index is 12.1. The number of anilines is 1. The molecule has 0 unspecified atom stereocenters. The summed E-state index contributed by atoms with van der Waals surface area (Å²) in [6.07, 6.45) is 0. The molecule has 1 heterocycles. The number of thiophene rings is 1. The lowest BCUT2D eigenvalue weighted by molar-refractivity contribution is 0.582. The molecule has 0 amide bonds. The minimum atomic E-state index is -3.63. The first-order valence-corrected chi connectivity index (χ1v) is 8.16. The van der Waals surface area contributed by atoms with Gasteiger partial charge in [0.15, 0.2) is 0 Å². The van der Waals surface area contributed by atoms with E-state index >= 15 is 0 Å². The second kappa shape index (κ2) is 5.50. The van der Waals surface area contributed by atoms with Crippen LogP contribution in [0, 0.1) is 6.92 Å². The van der Waals surface area contributed by atoms with E-state index in [2.05, 4.69) is 4.72 Å². The fourth-order valence-electron chi connectivity index (χ4n) is 1.56. The molecular formula is C12H13ClN2O2S2. The number of hydrogen-bond donors (Lipinski definition) is 2. The lowest BCUT2D eigenvalue weighted by Gasteiger charge is -2.08. The van der Waals surface area contributed by atoms with Gasteiger partial charge in [-0.15, -0.1) is 11.3 Å². The molecule has 4 nitrogen and oxygen atoms in total. The Hall–Kier alpha value is -1.08. The fraction of sp³-hybridized carbons (Fsp3) is 0.167. The minimum Gasteiger partial charge on any atom is -0.399 e. The third-order valence-electron chi connectivity index (χ3n) is 2.48. The van der Waals surface area contributed by atoms with Gasteiger partial charge in [0.05, 0.1) is 5.02 Å². The Balaban J connectivity index is 2.18. The van der Waals surface area contributed by atoms with Crippen molar-refractivity contribution in [2.45, 2.75) is 18.4 Å². The van der Waals surface area contributed by atoms with Crippen LogP contribution >= 0.6 is 22.9 Å². The third kappa shape index (κ3) is 3.48. The molecule has 19 heavy (non-hydrogen) atoms. The van der Waals surface area contributed by atoms with Crippen LogP contribution in [-0.2, 0) is 16.6 Å². The van der Waals surface area contributed by atoms with Gasteiger partial charge in [0.1, 0.15) is 4.90 Å². The maximum atomic E-state index is 12.1. The second-order valence-electron chi connectivity index (χ2n) is 4.03. The van der Waals surface area contributed by atoms with E-state index in [9.17, 15) is 8.42 Å². The van der Waals surface area contributed by atoms with Crippen LogP contribution in [0.5, 0.6) is 0 Å². The van der Waals surface area contributed by atoms with Gasteiger partial charge in [-0.25, -0.2) is 13.1 Å². The number of nitrogens with two attached hydrogens (primary N) is 1. The number of hydrogen-bond acceptors (Lipinski definition) is 4. The molecule has 102 valence electrons. The first-order chi connectivity index (χ1) is 8.88. The molecule has 1 aromatic heterocycles. The van der Waals surface area contributed by atoms with Gasteiger partial charge in [-0.05, 0) is 37.3 Å². The highest BCUT2D eigenvalue weighted by atomic mass is 35.5. The summed E-state index contributed by atoms with van der Waals surface area (Å²) < 4.78 is 26.7. The van der Waals surface area contributed by atoms with Gasteiger partial charge in [0, 0.05) is 22.0 Å². The summed E-state index contributed by atoms with van der Waals surface area (Å²) >= 11 is 7.45. The Bertz CT molecular complexity index is 696. The SMILES string of the molecule is Cc1ccc(CNS(=O)(=O)c2ccc(N)cc2Cl)s1. The molecule has 0 spiro atoms. The van der Waals surface area contributed by atoms with Crippen LogP contribution in [0.4, 0.5) is 5.69 Å². The number of nitrogen functional groups attached to an aromatic ring is 1. The molecule has 0 bridgehead atoms. The molecule has 0 saturated heterocycles. The van der Waals surface area contributed by atoms with Crippen molar-refractivity contribution in [1.82, 2.24) is 4.72 Å². The van der Waals surface area contributed by atoms with Gasteiger partial charge in [-0.1, -0.05) is 11.6 Å². The predicted octanol–water partition coefficient (Wildman–Crippen LogP) is 2.77. The number of rotatable bonds is 4. The van der Waals surface area contributed by atoms with Crippen molar-refractivity contribution >= 4 is 38.6 Å². The van der Waals surface area contributed by atoms with Crippen LogP contribution < -0.4 is 10.5 Å². The molecule has 1 aromatic carbocycles. The number of halogens is 1. The smallest absolute Gasteiger partial charge is 0.242 e. The lowest BCUT2D eigenvalue weighted by atomic mass is 10.3. The molecule has 0 atom stereocenters. The average molecular weight is 317 g/mol. The second-order valence-corrected chi connectivity index (χ2v) is 7.54. The summed E-state index contributed by atoms with van der Waals surface area (Å²) in [6.45, 7) is 2.22. The summed E-state index contributed by atoms with van der Waals surface area (Å²) in [6, 6.07) is 8.18. The van der Waals surface area contributed by atoms with Crippen molar-refractivity contribution in [3.8, 4) is 0 Å². The van der Waals surface area contributed by atoms with Crippen molar-refractivity contribution in [2.75, 3.05) is 5.73 Å². The molecular weight excluding hydrogens is 304 g/mol. The highest BCUT2D eigenvalue weighted by Gasteiger charge is 2.17. The quantitative estimate of drug-likeness (QED) is 0.852. The molecule has 0 radical (unpaired) electrons. The van der Waals surface area contributed by atoms with Crippen LogP contribution in [0.2, 0.25) is 5.02 Å². The number of nitrogens with one attached hydrogen (secondary N) is 1. The zero-order valence-corrected chi connectivity index (χ0v) is 12.6.